The molecule has 4 nitrogen and oxygen atoms in total. The van der Waals surface area contributed by atoms with Crippen molar-refractivity contribution in [1.29, 1.82) is 0 Å². The molecule has 0 fully saturated rings. The molecular weight excluding hydrogens is 246 g/mol. The van der Waals surface area contributed by atoms with Gasteiger partial charge in [0.25, 0.3) is 0 Å². The maximum Gasteiger partial charge on any atom is 0.315 e. The Kier molecular flexibility index (Phi) is 5.85. The Morgan fingerprint density at radius 2 is 2.28 bits per heavy atom. The van der Waals surface area contributed by atoms with Gasteiger partial charge in [0.05, 0.1) is 6.04 Å². The predicted octanol–water partition coefficient (Wildman–Crippen LogP) is 3.03. The number of urea groups is 1. The smallest absolute Gasteiger partial charge is 0.315 e. The van der Waals surface area contributed by atoms with Gasteiger partial charge in [0.15, 0.2) is 0 Å². The van der Waals surface area contributed by atoms with E-state index in [4.69, 9.17) is 0 Å². The fraction of sp³-hybridized carbons (Fsp3) is 0.538. The zero-order valence-electron chi connectivity index (χ0n) is 11.4. The van der Waals surface area contributed by atoms with Crippen molar-refractivity contribution >= 4 is 17.4 Å². The van der Waals surface area contributed by atoms with Crippen molar-refractivity contribution in [2.24, 2.45) is 0 Å². The lowest BCUT2D eigenvalue weighted by molar-refractivity contribution is 0.239. The van der Waals surface area contributed by atoms with E-state index in [0.717, 1.165) is 11.4 Å². The van der Waals surface area contributed by atoms with E-state index in [1.54, 1.807) is 11.3 Å². The molecule has 5 heteroatoms. The van der Waals surface area contributed by atoms with E-state index in [-0.39, 0.29) is 12.1 Å². The van der Waals surface area contributed by atoms with Crippen molar-refractivity contribution in [2.45, 2.75) is 40.2 Å². The van der Waals surface area contributed by atoms with Gasteiger partial charge in [-0.15, -0.1) is 11.3 Å². The van der Waals surface area contributed by atoms with E-state index in [1.165, 1.54) is 10.5 Å². The van der Waals surface area contributed by atoms with Crippen LogP contribution < -0.4 is 10.6 Å². The van der Waals surface area contributed by atoms with Gasteiger partial charge in [0, 0.05) is 17.6 Å². The number of thiazole rings is 1. The fourth-order valence-corrected chi connectivity index (χ4v) is 2.20. The van der Waals surface area contributed by atoms with Crippen LogP contribution in [0, 0.1) is 0 Å². The third-order valence-electron chi connectivity index (χ3n) is 2.41. The second-order valence-electron chi connectivity index (χ2n) is 4.38. The van der Waals surface area contributed by atoms with Crippen molar-refractivity contribution < 1.29 is 4.79 Å². The summed E-state index contributed by atoms with van der Waals surface area (Å²) in [4.78, 5) is 17.2. The van der Waals surface area contributed by atoms with Crippen molar-refractivity contribution in [1.82, 2.24) is 15.6 Å². The largest absolute Gasteiger partial charge is 0.335 e. The van der Waals surface area contributed by atoms with E-state index in [9.17, 15) is 4.79 Å². The van der Waals surface area contributed by atoms with Crippen molar-refractivity contribution in [3.8, 4) is 0 Å². The topological polar surface area (TPSA) is 54.0 Å². The first-order chi connectivity index (χ1) is 8.52. The quantitative estimate of drug-likeness (QED) is 0.806. The number of nitrogens with one attached hydrogen (secondary N) is 2. The maximum atomic E-state index is 11.6. The molecule has 1 atom stereocenters. The number of aryl methyl sites for hydroxylation is 1. The van der Waals surface area contributed by atoms with Crippen molar-refractivity contribution in [3.63, 3.8) is 0 Å². The van der Waals surface area contributed by atoms with Crippen LogP contribution in [0.5, 0.6) is 0 Å². The zero-order chi connectivity index (χ0) is 13.5. The molecule has 0 saturated carbocycles. The van der Waals surface area contributed by atoms with Gasteiger partial charge in [0.2, 0.25) is 0 Å². The van der Waals surface area contributed by atoms with Gasteiger partial charge in [-0.1, -0.05) is 18.6 Å². The highest BCUT2D eigenvalue weighted by Crippen LogP contribution is 2.19. The number of carbonyl (C=O) groups excluding carboxylic acids is 1. The molecule has 0 saturated heterocycles. The van der Waals surface area contributed by atoms with E-state index < -0.39 is 0 Å². The van der Waals surface area contributed by atoms with Crippen LogP contribution in [0.1, 0.15) is 43.6 Å². The minimum Gasteiger partial charge on any atom is -0.335 e. The van der Waals surface area contributed by atoms with Crippen LogP contribution >= 0.6 is 11.3 Å². The summed E-state index contributed by atoms with van der Waals surface area (Å²) in [5, 5.41) is 6.61. The lowest BCUT2D eigenvalue weighted by atomic mass is 10.3. The average molecular weight is 267 g/mol. The van der Waals surface area contributed by atoms with Gasteiger partial charge < -0.3 is 10.6 Å². The molecule has 0 aliphatic rings. The number of aromatic nitrogens is 1. The van der Waals surface area contributed by atoms with Gasteiger partial charge in [0.1, 0.15) is 5.01 Å². The predicted molar refractivity (Wildman–Crippen MR) is 75.9 cm³/mol. The molecule has 2 N–H and O–H groups in total. The highest BCUT2D eigenvalue weighted by atomic mass is 32.1. The number of allylic oxidation sites excluding steroid dienone is 1. The monoisotopic (exact) mass is 267 g/mol. The minimum absolute atomic E-state index is 0.0537. The molecule has 0 unspecified atom stereocenters. The van der Waals surface area contributed by atoms with Crippen LogP contribution in [0.4, 0.5) is 4.79 Å². The SMILES string of the molecule is CCc1cnc([C@@H](C)NC(=O)NCC=C(C)C)s1. The molecule has 0 radical (unpaired) electrons. The number of amides is 2. The number of rotatable bonds is 5. The highest BCUT2D eigenvalue weighted by Gasteiger charge is 2.12. The highest BCUT2D eigenvalue weighted by molar-refractivity contribution is 7.11. The average Bonchev–Trinajstić information content (AvgIpc) is 2.76. The van der Waals surface area contributed by atoms with Gasteiger partial charge in [-0.2, -0.15) is 0 Å². The van der Waals surface area contributed by atoms with Crippen molar-refractivity contribution in [2.75, 3.05) is 6.54 Å². The summed E-state index contributed by atoms with van der Waals surface area (Å²) >= 11 is 1.65. The van der Waals surface area contributed by atoms with Crippen LogP contribution in [-0.2, 0) is 6.42 Å². The molecule has 0 aliphatic heterocycles. The molecule has 1 aromatic rings. The molecule has 1 aromatic heterocycles. The summed E-state index contributed by atoms with van der Waals surface area (Å²) in [7, 11) is 0. The molecule has 2 amide bonds. The molecule has 0 aromatic carbocycles. The number of carbonyl (C=O) groups is 1. The molecule has 1 rings (SSSR count). The van der Waals surface area contributed by atoms with Gasteiger partial charge in [-0.05, 0) is 27.2 Å². The Hall–Kier alpha value is -1.36. The van der Waals surface area contributed by atoms with Crippen LogP contribution in [0.25, 0.3) is 0 Å². The lowest BCUT2D eigenvalue weighted by Gasteiger charge is -2.11. The van der Waals surface area contributed by atoms with Crippen LogP contribution in [0.15, 0.2) is 17.8 Å². The standard InChI is InChI=1S/C13H21N3OS/c1-5-11-8-15-12(18-11)10(4)16-13(17)14-7-6-9(2)3/h6,8,10H,5,7H2,1-4H3,(H2,14,16,17)/t10-/m1/s1. The van der Waals surface area contributed by atoms with Crippen LogP contribution in [-0.4, -0.2) is 17.6 Å². The molecule has 0 bridgehead atoms. The first-order valence-electron chi connectivity index (χ1n) is 6.15. The van der Waals surface area contributed by atoms with Gasteiger partial charge in [-0.3, -0.25) is 0 Å². The Balaban J connectivity index is 2.41. The first kappa shape index (κ1) is 14.7. The molecular formula is C13H21N3OS. The van der Waals surface area contributed by atoms with E-state index in [1.807, 2.05) is 33.0 Å². The summed E-state index contributed by atoms with van der Waals surface area (Å²) in [6, 6.07) is -0.213. The maximum absolute atomic E-state index is 11.6. The number of hydrogen-bond donors (Lipinski definition) is 2. The lowest BCUT2D eigenvalue weighted by Crippen LogP contribution is -2.37. The third-order valence-corrected chi connectivity index (χ3v) is 3.74. The summed E-state index contributed by atoms with van der Waals surface area (Å²) in [5.74, 6) is 0. The summed E-state index contributed by atoms with van der Waals surface area (Å²) < 4.78 is 0. The summed E-state index contributed by atoms with van der Waals surface area (Å²) in [5.41, 5.74) is 1.19. The Bertz CT molecular complexity index is 422. The second-order valence-corrected chi connectivity index (χ2v) is 5.52. The molecule has 1 heterocycles. The van der Waals surface area contributed by atoms with E-state index in [0.29, 0.717) is 6.54 Å². The summed E-state index contributed by atoms with van der Waals surface area (Å²) in [6.45, 7) is 8.60. The number of nitrogens with zero attached hydrogens (tertiary/aromatic N) is 1. The van der Waals surface area contributed by atoms with Crippen LogP contribution in [0.2, 0.25) is 0 Å². The number of hydrogen-bond acceptors (Lipinski definition) is 3. The minimum atomic E-state index is -0.159. The van der Waals surface area contributed by atoms with E-state index in [2.05, 4.69) is 22.5 Å². The third kappa shape index (κ3) is 4.87. The fourth-order valence-electron chi connectivity index (χ4n) is 1.34. The molecule has 100 valence electrons. The molecule has 18 heavy (non-hydrogen) atoms. The van der Waals surface area contributed by atoms with Crippen LogP contribution in [0.3, 0.4) is 0 Å². The Morgan fingerprint density at radius 3 is 2.83 bits per heavy atom. The summed E-state index contributed by atoms with van der Waals surface area (Å²) in [6.07, 6.45) is 4.83. The van der Waals surface area contributed by atoms with Crippen molar-refractivity contribution in [3.05, 3.63) is 27.7 Å². The molecule has 0 aliphatic carbocycles. The van der Waals surface area contributed by atoms with Gasteiger partial charge >= 0.3 is 6.03 Å². The van der Waals surface area contributed by atoms with Gasteiger partial charge in [-0.25, -0.2) is 9.78 Å². The molecule has 0 spiro atoms. The zero-order valence-corrected chi connectivity index (χ0v) is 12.2. The Labute approximate surface area is 113 Å². The van der Waals surface area contributed by atoms with E-state index >= 15 is 0 Å². The first-order valence-corrected chi connectivity index (χ1v) is 6.97. The Morgan fingerprint density at radius 1 is 1.56 bits per heavy atom. The second kappa shape index (κ2) is 7.16. The normalized spacial score (nSPS) is 11.8.